The first kappa shape index (κ1) is 17.1. The number of pyridine rings is 1. The quantitative estimate of drug-likeness (QED) is 0.804. The van der Waals surface area contributed by atoms with Crippen molar-refractivity contribution in [2.24, 2.45) is 0 Å². The van der Waals surface area contributed by atoms with Gasteiger partial charge in [-0.25, -0.2) is 0 Å². The van der Waals surface area contributed by atoms with Crippen molar-refractivity contribution in [3.8, 4) is 0 Å². The van der Waals surface area contributed by atoms with Gasteiger partial charge in [0.1, 0.15) is 0 Å². The average Bonchev–Trinajstić information content (AvgIpc) is 3.05. The summed E-state index contributed by atoms with van der Waals surface area (Å²) in [5, 5.41) is 7.07. The van der Waals surface area contributed by atoms with Crippen molar-refractivity contribution in [1.82, 2.24) is 25.0 Å². The van der Waals surface area contributed by atoms with E-state index >= 15 is 0 Å². The van der Waals surface area contributed by atoms with E-state index in [0.29, 0.717) is 44.0 Å². The molecule has 0 atom stereocenters. The van der Waals surface area contributed by atoms with Crippen LogP contribution >= 0.6 is 0 Å². The number of carbonyl (C=O) groups is 2. The highest BCUT2D eigenvalue weighted by molar-refractivity contribution is 5.94. The molecule has 1 aliphatic rings. The molecular weight excluding hydrogens is 322 g/mol. The third-order valence-electron chi connectivity index (χ3n) is 4.07. The molecule has 0 spiro atoms. The Kier molecular flexibility index (Phi) is 5.08. The lowest BCUT2D eigenvalue weighted by atomic mass is 10.2. The molecule has 1 N–H and O–H groups in total. The van der Waals surface area contributed by atoms with Gasteiger partial charge in [0.2, 0.25) is 0 Å². The van der Waals surface area contributed by atoms with E-state index in [1.165, 1.54) is 0 Å². The lowest BCUT2D eigenvalue weighted by Gasteiger charge is -2.27. The van der Waals surface area contributed by atoms with E-state index < -0.39 is 0 Å². The predicted molar refractivity (Wildman–Crippen MR) is 90.2 cm³/mol. The van der Waals surface area contributed by atoms with Crippen LogP contribution in [0.2, 0.25) is 0 Å². The number of fused-ring (bicyclic) bond motifs is 1. The van der Waals surface area contributed by atoms with Gasteiger partial charge in [0.25, 0.3) is 11.8 Å². The number of hydrogen-bond donors (Lipinski definition) is 1. The molecule has 8 heteroatoms. The van der Waals surface area contributed by atoms with Gasteiger partial charge in [0.15, 0.2) is 5.69 Å². The number of rotatable bonds is 5. The highest BCUT2D eigenvalue weighted by Crippen LogP contribution is 2.16. The zero-order valence-corrected chi connectivity index (χ0v) is 14.4. The summed E-state index contributed by atoms with van der Waals surface area (Å²) >= 11 is 0. The second kappa shape index (κ2) is 7.43. The summed E-state index contributed by atoms with van der Waals surface area (Å²) in [4.78, 5) is 30.6. The monoisotopic (exact) mass is 343 g/mol. The van der Waals surface area contributed by atoms with Crippen LogP contribution in [0.4, 0.5) is 0 Å². The Bertz CT molecular complexity index is 769. The molecule has 0 aliphatic carbocycles. The summed E-state index contributed by atoms with van der Waals surface area (Å²) < 4.78 is 6.69. The van der Waals surface area contributed by atoms with Crippen molar-refractivity contribution in [1.29, 1.82) is 0 Å². The molecule has 0 aromatic carbocycles. The Morgan fingerprint density at radius 2 is 2.16 bits per heavy atom. The number of methoxy groups -OCH3 is 1. The number of nitrogens with zero attached hydrogens (tertiary/aromatic N) is 4. The summed E-state index contributed by atoms with van der Waals surface area (Å²) in [6, 6.07) is 5.34. The van der Waals surface area contributed by atoms with E-state index in [-0.39, 0.29) is 11.8 Å². The van der Waals surface area contributed by atoms with Crippen LogP contribution < -0.4 is 5.32 Å². The second-order valence-electron chi connectivity index (χ2n) is 5.91. The fourth-order valence-electron chi connectivity index (χ4n) is 2.68. The molecule has 2 aromatic heterocycles. The molecule has 0 saturated carbocycles. The van der Waals surface area contributed by atoms with Crippen LogP contribution in [-0.4, -0.2) is 58.3 Å². The van der Waals surface area contributed by atoms with Crippen molar-refractivity contribution in [2.45, 2.75) is 20.0 Å². The lowest BCUT2D eigenvalue weighted by molar-refractivity contribution is 0.0705. The van der Waals surface area contributed by atoms with Gasteiger partial charge >= 0.3 is 0 Å². The number of aryl methyl sites for hydroxylation is 1. The highest BCUT2D eigenvalue weighted by atomic mass is 16.5. The maximum atomic E-state index is 12.6. The molecule has 0 bridgehead atoms. The summed E-state index contributed by atoms with van der Waals surface area (Å²) in [6.45, 7) is 4.30. The van der Waals surface area contributed by atoms with Gasteiger partial charge in [-0.15, -0.1) is 0 Å². The third kappa shape index (κ3) is 3.85. The molecule has 3 rings (SSSR count). The van der Waals surface area contributed by atoms with Gasteiger partial charge in [-0.3, -0.25) is 19.3 Å². The molecule has 0 unspecified atom stereocenters. The topological polar surface area (TPSA) is 89.4 Å². The van der Waals surface area contributed by atoms with Gasteiger partial charge in [-0.1, -0.05) is 0 Å². The summed E-state index contributed by atoms with van der Waals surface area (Å²) in [5.41, 5.74) is 2.64. The fourth-order valence-corrected chi connectivity index (χ4v) is 2.68. The van der Waals surface area contributed by atoms with E-state index in [2.05, 4.69) is 15.4 Å². The molecule has 3 heterocycles. The van der Waals surface area contributed by atoms with Gasteiger partial charge in [0, 0.05) is 32.1 Å². The van der Waals surface area contributed by atoms with E-state index in [1.807, 2.05) is 13.0 Å². The lowest BCUT2D eigenvalue weighted by Crippen LogP contribution is -2.38. The van der Waals surface area contributed by atoms with E-state index in [1.54, 1.807) is 35.0 Å². The van der Waals surface area contributed by atoms with Gasteiger partial charge < -0.3 is 15.0 Å². The summed E-state index contributed by atoms with van der Waals surface area (Å²) in [6.07, 6.45) is 1.60. The van der Waals surface area contributed by atoms with Gasteiger partial charge in [0.05, 0.1) is 31.0 Å². The van der Waals surface area contributed by atoms with Crippen LogP contribution in [0.3, 0.4) is 0 Å². The molecule has 132 valence electrons. The Morgan fingerprint density at radius 1 is 1.32 bits per heavy atom. The maximum absolute atomic E-state index is 12.6. The molecular formula is C17H21N5O3. The number of nitrogens with one attached hydrogen (secondary N) is 1. The normalized spacial score (nSPS) is 13.4. The number of ether oxygens (including phenoxy) is 1. The zero-order valence-electron chi connectivity index (χ0n) is 14.4. The Morgan fingerprint density at radius 3 is 2.88 bits per heavy atom. The van der Waals surface area contributed by atoms with Crippen LogP contribution in [0, 0.1) is 6.92 Å². The van der Waals surface area contributed by atoms with Crippen molar-refractivity contribution < 1.29 is 14.3 Å². The summed E-state index contributed by atoms with van der Waals surface area (Å²) in [5.74, 6) is -0.300. The first-order chi connectivity index (χ1) is 12.1. The molecule has 25 heavy (non-hydrogen) atoms. The molecule has 0 fully saturated rings. The predicted octanol–water partition coefficient (Wildman–Crippen LogP) is 0.619. The molecule has 1 aliphatic heterocycles. The number of carbonyl (C=O) groups excluding carboxylic acids is 2. The third-order valence-corrected chi connectivity index (χ3v) is 4.07. The number of aromatic nitrogens is 3. The number of hydrogen-bond acceptors (Lipinski definition) is 5. The van der Waals surface area contributed by atoms with Crippen LogP contribution in [0.25, 0.3) is 0 Å². The van der Waals surface area contributed by atoms with Crippen LogP contribution in [0.1, 0.15) is 32.2 Å². The Labute approximate surface area is 145 Å². The van der Waals surface area contributed by atoms with Crippen molar-refractivity contribution in [3.05, 3.63) is 47.0 Å². The van der Waals surface area contributed by atoms with Crippen LogP contribution in [0.15, 0.2) is 24.4 Å². The van der Waals surface area contributed by atoms with Gasteiger partial charge in [-0.05, 0) is 25.1 Å². The van der Waals surface area contributed by atoms with Crippen molar-refractivity contribution in [3.63, 3.8) is 0 Å². The molecule has 0 saturated heterocycles. The van der Waals surface area contributed by atoms with Crippen LogP contribution in [0.5, 0.6) is 0 Å². The molecule has 2 amide bonds. The highest BCUT2D eigenvalue weighted by Gasteiger charge is 2.24. The van der Waals surface area contributed by atoms with Crippen molar-refractivity contribution in [2.75, 3.05) is 26.8 Å². The number of amides is 2. The van der Waals surface area contributed by atoms with E-state index in [0.717, 1.165) is 11.4 Å². The van der Waals surface area contributed by atoms with Crippen molar-refractivity contribution >= 4 is 11.8 Å². The smallest absolute Gasteiger partial charge is 0.271 e. The molecule has 2 aromatic rings. The average molecular weight is 343 g/mol. The zero-order chi connectivity index (χ0) is 17.8. The van der Waals surface area contributed by atoms with Crippen LogP contribution in [-0.2, 0) is 17.8 Å². The Hall–Kier alpha value is -2.74. The first-order valence-corrected chi connectivity index (χ1v) is 8.14. The fraction of sp³-hybridized carbons (Fsp3) is 0.412. The molecule has 0 radical (unpaired) electrons. The second-order valence-corrected chi connectivity index (χ2v) is 5.91. The first-order valence-electron chi connectivity index (χ1n) is 8.14. The maximum Gasteiger partial charge on any atom is 0.271 e. The van der Waals surface area contributed by atoms with E-state index in [9.17, 15) is 9.59 Å². The van der Waals surface area contributed by atoms with E-state index in [4.69, 9.17) is 4.74 Å². The largest absolute Gasteiger partial charge is 0.383 e. The minimum Gasteiger partial charge on any atom is -0.383 e. The Balaban J connectivity index is 1.68. The van der Waals surface area contributed by atoms with Gasteiger partial charge in [-0.2, -0.15) is 5.10 Å². The molecule has 8 nitrogen and oxygen atoms in total. The minimum atomic E-state index is -0.237. The summed E-state index contributed by atoms with van der Waals surface area (Å²) in [7, 11) is 1.58. The standard InChI is InChI=1S/C17H21N5O3/c1-12-3-4-13(10-19-12)17(24)21-6-7-22-14(11-21)9-15(20-22)16(23)18-5-8-25-2/h3-4,9-10H,5-8,11H2,1-2H3,(H,18,23). The SMILES string of the molecule is COCCNC(=O)c1cc2n(n1)CCN(C(=O)c1ccc(C)nc1)C2. The minimum absolute atomic E-state index is 0.0638.